The Balaban J connectivity index is 1.61. The molecule has 88 valence electrons. The second-order valence-corrected chi connectivity index (χ2v) is 10.2. The molecule has 0 saturated carbocycles. The van der Waals surface area contributed by atoms with Crippen molar-refractivity contribution < 1.29 is 0 Å². The molecule has 2 nitrogen and oxygen atoms in total. The molecule has 0 saturated heterocycles. The van der Waals surface area contributed by atoms with E-state index in [1.54, 1.807) is 51.1 Å². The smallest absolute Gasteiger partial charge is 0.107 e. The Morgan fingerprint density at radius 2 is 1.18 bits per heavy atom. The number of aromatic nitrogens is 2. The first kappa shape index (κ1) is 13.5. The summed E-state index contributed by atoms with van der Waals surface area (Å²) >= 11 is 0. The Morgan fingerprint density at radius 1 is 0.647 bits per heavy atom. The van der Waals surface area contributed by atoms with E-state index < -0.39 is 0 Å². The molecule has 0 bridgehead atoms. The number of pyridine rings is 2. The second kappa shape index (κ2) is 8.20. The predicted octanol–water partition coefficient (Wildman–Crippen LogP) is 5.22. The maximum Gasteiger partial charge on any atom is 0.107 e. The fourth-order valence-electron chi connectivity index (χ4n) is 0.902. The van der Waals surface area contributed by atoms with E-state index in [9.17, 15) is 0 Å². The van der Waals surface area contributed by atoms with E-state index in [4.69, 9.17) is 0 Å². The highest BCUT2D eigenvalue weighted by Gasteiger charge is 1.98. The SMILES string of the molecule is c1ccc(SSSSSc2ccccn2)nc1. The summed E-state index contributed by atoms with van der Waals surface area (Å²) in [5.41, 5.74) is 0. The van der Waals surface area contributed by atoms with Crippen molar-refractivity contribution in [3.8, 4) is 0 Å². The third-order valence-electron chi connectivity index (χ3n) is 1.57. The monoisotopic (exact) mass is 316 g/mol. The van der Waals surface area contributed by atoms with Crippen LogP contribution in [0.4, 0.5) is 0 Å². The van der Waals surface area contributed by atoms with Crippen molar-refractivity contribution >= 4 is 51.1 Å². The van der Waals surface area contributed by atoms with Crippen LogP contribution in [0.15, 0.2) is 58.8 Å². The molecule has 17 heavy (non-hydrogen) atoms. The van der Waals surface area contributed by atoms with Crippen LogP contribution >= 0.6 is 51.1 Å². The largest absolute Gasteiger partial charge is 0.249 e. The lowest BCUT2D eigenvalue weighted by atomic mass is 10.5. The molecule has 2 aromatic heterocycles. The molecule has 0 fully saturated rings. The zero-order valence-corrected chi connectivity index (χ0v) is 12.6. The lowest BCUT2D eigenvalue weighted by Crippen LogP contribution is -1.71. The molecule has 2 aromatic rings. The fourth-order valence-corrected chi connectivity index (χ4v) is 8.75. The number of rotatable bonds is 6. The molecule has 0 aliphatic carbocycles. The summed E-state index contributed by atoms with van der Waals surface area (Å²) in [6.45, 7) is 0. The number of hydrogen-bond donors (Lipinski definition) is 0. The van der Waals surface area contributed by atoms with Gasteiger partial charge in [0.25, 0.3) is 0 Å². The highest BCUT2D eigenvalue weighted by molar-refractivity contribution is 9.35. The maximum absolute atomic E-state index is 4.23. The zero-order valence-electron chi connectivity index (χ0n) is 8.55. The number of hydrogen-bond acceptors (Lipinski definition) is 7. The maximum atomic E-state index is 4.23. The average molecular weight is 317 g/mol. The topological polar surface area (TPSA) is 25.8 Å². The van der Waals surface area contributed by atoms with Crippen LogP contribution in [-0.2, 0) is 0 Å². The molecule has 2 rings (SSSR count). The van der Waals surface area contributed by atoms with E-state index >= 15 is 0 Å². The lowest BCUT2D eigenvalue weighted by molar-refractivity contribution is 1.14. The third kappa shape index (κ3) is 5.48. The van der Waals surface area contributed by atoms with Crippen LogP contribution in [-0.4, -0.2) is 9.97 Å². The van der Waals surface area contributed by atoms with Gasteiger partial charge in [0.2, 0.25) is 0 Å². The van der Waals surface area contributed by atoms with Crippen LogP contribution in [0.2, 0.25) is 0 Å². The van der Waals surface area contributed by atoms with Crippen LogP contribution in [0.25, 0.3) is 0 Å². The van der Waals surface area contributed by atoms with Gasteiger partial charge in [-0.15, -0.1) is 0 Å². The Kier molecular flexibility index (Phi) is 6.51. The van der Waals surface area contributed by atoms with Crippen LogP contribution < -0.4 is 0 Å². The van der Waals surface area contributed by atoms with Crippen LogP contribution in [0.5, 0.6) is 0 Å². The summed E-state index contributed by atoms with van der Waals surface area (Å²) in [6, 6.07) is 11.9. The van der Waals surface area contributed by atoms with Crippen molar-refractivity contribution in [2.45, 2.75) is 10.1 Å². The molecular weight excluding hydrogens is 308 g/mol. The van der Waals surface area contributed by atoms with Crippen molar-refractivity contribution in [3.05, 3.63) is 48.8 Å². The van der Waals surface area contributed by atoms with Gasteiger partial charge in [0, 0.05) is 12.4 Å². The van der Waals surface area contributed by atoms with E-state index in [0.29, 0.717) is 0 Å². The van der Waals surface area contributed by atoms with Gasteiger partial charge < -0.3 is 0 Å². The first-order valence-electron chi connectivity index (χ1n) is 4.62. The summed E-state index contributed by atoms with van der Waals surface area (Å²) in [7, 11) is 8.48. The summed E-state index contributed by atoms with van der Waals surface area (Å²) in [4.78, 5) is 8.47. The molecule has 0 N–H and O–H groups in total. The fraction of sp³-hybridized carbons (Fsp3) is 0. The summed E-state index contributed by atoms with van der Waals surface area (Å²) in [6.07, 6.45) is 3.62. The van der Waals surface area contributed by atoms with Gasteiger partial charge in [0.05, 0.1) is 0 Å². The molecule has 0 aromatic carbocycles. The standard InChI is InChI=1S/C10H8N2S5/c1-3-7-11-9(5-1)13-15-17-16-14-10-6-2-4-8-12-10/h1-8H. The predicted molar refractivity (Wildman–Crippen MR) is 83.0 cm³/mol. The Morgan fingerprint density at radius 3 is 1.59 bits per heavy atom. The quantitative estimate of drug-likeness (QED) is 0.532. The van der Waals surface area contributed by atoms with Gasteiger partial charge in [-0.1, -0.05) is 12.1 Å². The van der Waals surface area contributed by atoms with Gasteiger partial charge in [0.15, 0.2) is 0 Å². The van der Waals surface area contributed by atoms with E-state index in [0.717, 1.165) is 10.1 Å². The molecule has 0 amide bonds. The van der Waals surface area contributed by atoms with Crippen molar-refractivity contribution in [2.24, 2.45) is 0 Å². The zero-order chi connectivity index (χ0) is 11.8. The van der Waals surface area contributed by atoms with Gasteiger partial charge in [-0.3, -0.25) is 0 Å². The van der Waals surface area contributed by atoms with Gasteiger partial charge in [-0.25, -0.2) is 9.97 Å². The molecule has 0 aliphatic rings. The molecule has 0 unspecified atom stereocenters. The molecule has 0 atom stereocenters. The highest BCUT2D eigenvalue weighted by Crippen LogP contribution is 2.51. The minimum Gasteiger partial charge on any atom is -0.249 e. The summed E-state index contributed by atoms with van der Waals surface area (Å²) < 4.78 is 0. The van der Waals surface area contributed by atoms with E-state index in [1.165, 1.54) is 0 Å². The highest BCUT2D eigenvalue weighted by atomic mass is 33.8. The summed E-state index contributed by atoms with van der Waals surface area (Å²) in [5, 5.41) is 2.07. The first-order chi connectivity index (χ1) is 8.45. The lowest BCUT2D eigenvalue weighted by Gasteiger charge is -1.98. The molecule has 0 spiro atoms. The molecule has 2 heterocycles. The summed E-state index contributed by atoms with van der Waals surface area (Å²) in [5.74, 6) is 0. The van der Waals surface area contributed by atoms with Crippen molar-refractivity contribution in [1.82, 2.24) is 9.97 Å². The van der Waals surface area contributed by atoms with Crippen LogP contribution in [0, 0.1) is 0 Å². The van der Waals surface area contributed by atoms with Gasteiger partial charge in [-0.05, 0) is 75.3 Å². The molecule has 0 radical (unpaired) electrons. The number of nitrogens with zero attached hydrogens (tertiary/aromatic N) is 2. The van der Waals surface area contributed by atoms with E-state index in [2.05, 4.69) is 9.97 Å². The van der Waals surface area contributed by atoms with E-state index in [1.807, 2.05) is 48.8 Å². The van der Waals surface area contributed by atoms with Gasteiger partial charge in [0.1, 0.15) is 10.1 Å². The van der Waals surface area contributed by atoms with Crippen LogP contribution in [0.1, 0.15) is 0 Å². The Hall–Kier alpha value is 0.0500. The van der Waals surface area contributed by atoms with E-state index in [-0.39, 0.29) is 0 Å². The van der Waals surface area contributed by atoms with Gasteiger partial charge >= 0.3 is 0 Å². The third-order valence-corrected chi connectivity index (χ3v) is 9.63. The van der Waals surface area contributed by atoms with Crippen LogP contribution in [0.3, 0.4) is 0 Å². The van der Waals surface area contributed by atoms with Crippen molar-refractivity contribution in [2.75, 3.05) is 0 Å². The normalized spacial score (nSPS) is 10.4. The van der Waals surface area contributed by atoms with Crippen molar-refractivity contribution in [3.63, 3.8) is 0 Å². The minimum atomic E-state index is 1.04. The molecule has 0 aliphatic heterocycles. The average Bonchev–Trinajstić information content (AvgIpc) is 2.41. The van der Waals surface area contributed by atoms with Crippen molar-refractivity contribution in [1.29, 1.82) is 0 Å². The minimum absolute atomic E-state index is 1.04. The van der Waals surface area contributed by atoms with Gasteiger partial charge in [-0.2, -0.15) is 0 Å². The Labute approximate surface area is 119 Å². The molecular formula is C10H8N2S5. The Bertz CT molecular complexity index is 384. The second-order valence-electron chi connectivity index (χ2n) is 2.71. The molecule has 7 heteroatoms. The first-order valence-corrected chi connectivity index (χ1v) is 10.8.